The van der Waals surface area contributed by atoms with E-state index in [9.17, 15) is 8.42 Å². The van der Waals surface area contributed by atoms with E-state index in [0.717, 1.165) is 22.4 Å². The number of benzene rings is 1. The van der Waals surface area contributed by atoms with E-state index in [2.05, 4.69) is 23.7 Å². The number of nitrogens with zero attached hydrogens (tertiary/aromatic N) is 1. The van der Waals surface area contributed by atoms with Crippen molar-refractivity contribution in [2.24, 2.45) is 0 Å². The van der Waals surface area contributed by atoms with Crippen LogP contribution in [0, 0.1) is 20.8 Å². The number of hydrogen-bond donors (Lipinski definition) is 1. The number of aromatic nitrogens is 1. The van der Waals surface area contributed by atoms with Crippen LogP contribution in [0.3, 0.4) is 0 Å². The lowest BCUT2D eigenvalue weighted by atomic mass is 9.94. The Bertz CT molecular complexity index is 850. The average Bonchev–Trinajstić information content (AvgIpc) is 2.85. The van der Waals surface area contributed by atoms with Crippen LogP contribution in [0.1, 0.15) is 60.9 Å². The first-order valence-electron chi connectivity index (χ1n) is 8.22. The van der Waals surface area contributed by atoms with Gasteiger partial charge < -0.3 is 9.26 Å². The van der Waals surface area contributed by atoms with Crippen molar-refractivity contribution in [3.05, 3.63) is 40.3 Å². The van der Waals surface area contributed by atoms with Crippen molar-refractivity contribution in [3.63, 3.8) is 0 Å². The predicted octanol–water partition coefficient (Wildman–Crippen LogP) is 3.77. The highest BCUT2D eigenvalue weighted by molar-refractivity contribution is 7.89. The van der Waals surface area contributed by atoms with Gasteiger partial charge in [0.05, 0.1) is 7.11 Å². The zero-order valence-electron chi connectivity index (χ0n) is 15.8. The molecule has 0 unspecified atom stereocenters. The second kappa shape index (κ2) is 7.17. The van der Waals surface area contributed by atoms with Crippen LogP contribution >= 0.6 is 0 Å². The molecule has 6 nitrogen and oxygen atoms in total. The fourth-order valence-corrected chi connectivity index (χ4v) is 4.58. The number of rotatable bonds is 6. The lowest BCUT2D eigenvalue weighted by molar-refractivity contribution is 0.390. The zero-order valence-corrected chi connectivity index (χ0v) is 16.6. The Morgan fingerprint density at radius 1 is 1.12 bits per heavy atom. The SMILES string of the molecule is COc1cc(C)c([C@@H](C)NS(=O)(=O)c2c(C)noc2C)cc1C(C)C. The van der Waals surface area contributed by atoms with Gasteiger partial charge in [0.1, 0.15) is 16.3 Å². The molecule has 7 heteroatoms. The first-order valence-corrected chi connectivity index (χ1v) is 9.70. The lowest BCUT2D eigenvalue weighted by Crippen LogP contribution is -2.28. The van der Waals surface area contributed by atoms with Crippen LogP contribution in [0.25, 0.3) is 0 Å². The summed E-state index contributed by atoms with van der Waals surface area (Å²) in [6.07, 6.45) is 0. The van der Waals surface area contributed by atoms with Gasteiger partial charge in [0.25, 0.3) is 0 Å². The van der Waals surface area contributed by atoms with Crippen molar-refractivity contribution in [3.8, 4) is 5.75 Å². The van der Waals surface area contributed by atoms with Gasteiger partial charge in [0.2, 0.25) is 10.0 Å². The van der Waals surface area contributed by atoms with Gasteiger partial charge in [-0.25, -0.2) is 13.1 Å². The number of hydrogen-bond acceptors (Lipinski definition) is 5. The molecule has 1 heterocycles. The molecule has 1 N–H and O–H groups in total. The summed E-state index contributed by atoms with van der Waals surface area (Å²) in [6, 6.07) is 3.56. The standard InChI is InChI=1S/C18H26N2O4S/c1-10(2)15-9-16(11(3)8-17(15)23-7)12(4)20-25(21,22)18-13(5)19-24-14(18)6/h8-10,12,20H,1-7H3/t12-/m1/s1. The maximum absolute atomic E-state index is 12.7. The monoisotopic (exact) mass is 366 g/mol. The van der Waals surface area contributed by atoms with Crippen molar-refractivity contribution < 1.29 is 17.7 Å². The Labute approximate surface area is 149 Å². The Balaban J connectivity index is 2.41. The summed E-state index contributed by atoms with van der Waals surface area (Å²) in [5, 5.41) is 3.73. The molecule has 0 radical (unpaired) electrons. The minimum Gasteiger partial charge on any atom is -0.496 e. The molecule has 0 saturated heterocycles. The third-order valence-corrected chi connectivity index (χ3v) is 6.06. The van der Waals surface area contributed by atoms with Gasteiger partial charge in [0, 0.05) is 6.04 Å². The molecule has 0 saturated carbocycles. The second-order valence-electron chi connectivity index (χ2n) is 6.60. The molecule has 0 spiro atoms. The van der Waals surface area contributed by atoms with E-state index < -0.39 is 16.1 Å². The number of ether oxygens (including phenoxy) is 1. The third kappa shape index (κ3) is 3.88. The summed E-state index contributed by atoms with van der Waals surface area (Å²) in [4.78, 5) is 0.106. The number of sulfonamides is 1. The number of methoxy groups -OCH3 is 1. The first kappa shape index (κ1) is 19.5. The maximum Gasteiger partial charge on any atom is 0.246 e. The zero-order chi connectivity index (χ0) is 18.9. The quantitative estimate of drug-likeness (QED) is 0.841. The minimum absolute atomic E-state index is 0.106. The highest BCUT2D eigenvalue weighted by atomic mass is 32.2. The van der Waals surface area contributed by atoms with E-state index in [1.807, 2.05) is 26.0 Å². The maximum atomic E-state index is 12.7. The molecule has 0 amide bonds. The molecule has 1 aromatic heterocycles. The molecule has 1 aromatic carbocycles. The normalized spacial score (nSPS) is 13.3. The highest BCUT2D eigenvalue weighted by Gasteiger charge is 2.27. The molecule has 138 valence electrons. The molecule has 0 bridgehead atoms. The van der Waals surface area contributed by atoms with Crippen molar-refractivity contribution >= 4 is 10.0 Å². The van der Waals surface area contributed by atoms with Crippen molar-refractivity contribution in [2.45, 2.75) is 58.4 Å². The molecule has 0 fully saturated rings. The van der Waals surface area contributed by atoms with Gasteiger partial charge in [-0.1, -0.05) is 19.0 Å². The Hall–Kier alpha value is -1.86. The summed E-state index contributed by atoms with van der Waals surface area (Å²) in [7, 11) is -2.09. The Morgan fingerprint density at radius 3 is 2.24 bits per heavy atom. The first-order chi connectivity index (χ1) is 11.6. The van der Waals surface area contributed by atoms with Crippen LogP contribution in [0.5, 0.6) is 5.75 Å². The van der Waals surface area contributed by atoms with E-state index in [4.69, 9.17) is 9.26 Å². The van der Waals surface area contributed by atoms with Gasteiger partial charge in [-0.3, -0.25) is 0 Å². The van der Waals surface area contributed by atoms with Crippen molar-refractivity contribution in [2.75, 3.05) is 7.11 Å². The van der Waals surface area contributed by atoms with Crippen LogP contribution in [0.2, 0.25) is 0 Å². The summed E-state index contributed by atoms with van der Waals surface area (Å²) in [5.74, 6) is 1.37. The van der Waals surface area contributed by atoms with Gasteiger partial charge in [0.15, 0.2) is 5.76 Å². The van der Waals surface area contributed by atoms with E-state index in [1.165, 1.54) is 0 Å². The molecule has 0 aliphatic heterocycles. The Kier molecular flexibility index (Phi) is 5.58. The molecule has 25 heavy (non-hydrogen) atoms. The number of aryl methyl sites for hydroxylation is 3. The summed E-state index contributed by atoms with van der Waals surface area (Å²) in [6.45, 7) is 11.1. The van der Waals surface area contributed by atoms with E-state index in [0.29, 0.717) is 5.69 Å². The van der Waals surface area contributed by atoms with Crippen molar-refractivity contribution in [1.82, 2.24) is 9.88 Å². The summed E-state index contributed by atoms with van der Waals surface area (Å²) in [5.41, 5.74) is 3.29. The van der Waals surface area contributed by atoms with Crippen LogP contribution in [0.15, 0.2) is 21.6 Å². The van der Waals surface area contributed by atoms with E-state index in [1.54, 1.807) is 21.0 Å². The molecular weight excluding hydrogens is 340 g/mol. The average molecular weight is 366 g/mol. The van der Waals surface area contributed by atoms with Crippen LogP contribution in [-0.2, 0) is 10.0 Å². The topological polar surface area (TPSA) is 81.4 Å². The van der Waals surface area contributed by atoms with Gasteiger partial charge >= 0.3 is 0 Å². The molecule has 2 aromatic rings. The lowest BCUT2D eigenvalue weighted by Gasteiger charge is -2.21. The second-order valence-corrected chi connectivity index (χ2v) is 8.25. The molecule has 0 aliphatic carbocycles. The van der Waals surface area contributed by atoms with Gasteiger partial charge in [-0.15, -0.1) is 0 Å². The largest absolute Gasteiger partial charge is 0.496 e. The smallest absolute Gasteiger partial charge is 0.246 e. The minimum atomic E-state index is -3.73. The van der Waals surface area contributed by atoms with Gasteiger partial charge in [-0.2, -0.15) is 0 Å². The predicted molar refractivity (Wildman–Crippen MR) is 96.5 cm³/mol. The Morgan fingerprint density at radius 2 is 1.76 bits per heavy atom. The van der Waals surface area contributed by atoms with Crippen LogP contribution < -0.4 is 9.46 Å². The van der Waals surface area contributed by atoms with E-state index >= 15 is 0 Å². The van der Waals surface area contributed by atoms with Crippen LogP contribution in [0.4, 0.5) is 0 Å². The summed E-state index contributed by atoms with van der Waals surface area (Å²) < 4.78 is 38.6. The van der Waals surface area contributed by atoms with Gasteiger partial charge in [-0.05, 0) is 62.4 Å². The fourth-order valence-electron chi connectivity index (χ4n) is 3.02. The number of nitrogens with one attached hydrogen (secondary N) is 1. The molecule has 0 aliphatic rings. The highest BCUT2D eigenvalue weighted by Crippen LogP contribution is 2.32. The van der Waals surface area contributed by atoms with Crippen LogP contribution in [-0.4, -0.2) is 20.7 Å². The molecular formula is C18H26N2O4S. The third-order valence-electron chi connectivity index (χ3n) is 4.28. The van der Waals surface area contributed by atoms with E-state index in [-0.39, 0.29) is 16.6 Å². The van der Waals surface area contributed by atoms with Crippen molar-refractivity contribution in [1.29, 1.82) is 0 Å². The molecule has 2 rings (SSSR count). The molecule has 1 atom stereocenters. The summed E-state index contributed by atoms with van der Waals surface area (Å²) >= 11 is 0. The fraction of sp³-hybridized carbons (Fsp3) is 0.500.